The molecule has 1 saturated heterocycles. The van der Waals surface area contributed by atoms with E-state index in [9.17, 15) is 9.59 Å². The highest BCUT2D eigenvalue weighted by atomic mass is 28.4. The van der Waals surface area contributed by atoms with E-state index in [0.29, 0.717) is 46.3 Å². The zero-order chi connectivity index (χ0) is 27.6. The molecule has 0 spiro atoms. The van der Waals surface area contributed by atoms with Gasteiger partial charge < -0.3 is 13.6 Å². The molecule has 2 rings (SSSR count). The zero-order valence-corrected chi connectivity index (χ0v) is 26.8. The van der Waals surface area contributed by atoms with Crippen LogP contribution in [0, 0.1) is 0 Å². The highest BCUT2D eigenvalue weighted by molar-refractivity contribution is 6.78. The lowest BCUT2D eigenvalue weighted by atomic mass is 10.2. The van der Waals surface area contributed by atoms with Crippen LogP contribution in [0.1, 0.15) is 95.7 Å². The Labute approximate surface area is 220 Å². The molecule has 1 aliphatic rings. The summed E-state index contributed by atoms with van der Waals surface area (Å²) in [6.45, 7) is 27.9. The van der Waals surface area contributed by atoms with Crippen molar-refractivity contribution in [3.63, 3.8) is 0 Å². The highest BCUT2D eigenvalue weighted by Gasteiger charge is 2.51. The van der Waals surface area contributed by atoms with E-state index in [1.165, 1.54) is 16.8 Å². The second-order valence-electron chi connectivity index (χ2n) is 12.5. The molecule has 1 aliphatic heterocycles. The van der Waals surface area contributed by atoms with Crippen LogP contribution in [-0.4, -0.2) is 45.0 Å². The Bertz CT molecular complexity index is 910. The first kappa shape index (κ1) is 31.2. The summed E-state index contributed by atoms with van der Waals surface area (Å²) < 4.78 is 22.2. The van der Waals surface area contributed by atoms with E-state index < -0.39 is 34.1 Å². The monoisotopic (exact) mass is 540 g/mol. The fourth-order valence-corrected chi connectivity index (χ4v) is 18.2. The maximum atomic E-state index is 12.6. The number of hydrogen-bond acceptors (Lipinski definition) is 5. The van der Waals surface area contributed by atoms with Gasteiger partial charge in [-0.2, -0.15) is 0 Å². The van der Waals surface area contributed by atoms with E-state index in [4.69, 9.17) is 13.6 Å². The van der Waals surface area contributed by atoms with Gasteiger partial charge in [-0.3, -0.25) is 14.3 Å². The van der Waals surface area contributed by atoms with Crippen molar-refractivity contribution >= 4 is 16.6 Å². The molecule has 0 saturated carbocycles. The van der Waals surface area contributed by atoms with Gasteiger partial charge >= 0.3 is 5.69 Å². The summed E-state index contributed by atoms with van der Waals surface area (Å²) in [5.41, 5.74) is 1.83. The molecule has 0 unspecified atom stereocenters. The number of hydrogen-bond donors (Lipinski definition) is 1. The fourth-order valence-electron chi connectivity index (χ4n) is 7.20. The lowest BCUT2D eigenvalue weighted by Crippen LogP contribution is -2.53. The van der Waals surface area contributed by atoms with Gasteiger partial charge in [-0.1, -0.05) is 83.1 Å². The van der Waals surface area contributed by atoms with Crippen LogP contribution in [0.25, 0.3) is 0 Å². The van der Waals surface area contributed by atoms with Gasteiger partial charge in [-0.25, -0.2) is 4.79 Å². The minimum absolute atomic E-state index is 0.175. The van der Waals surface area contributed by atoms with E-state index in [1.807, 2.05) is 0 Å². The zero-order valence-electron chi connectivity index (χ0n) is 24.8. The minimum atomic E-state index is -2.20. The van der Waals surface area contributed by atoms with Crippen molar-refractivity contribution in [2.24, 2.45) is 0 Å². The first-order chi connectivity index (χ1) is 16.6. The van der Waals surface area contributed by atoms with Gasteiger partial charge in [0.1, 0.15) is 12.3 Å². The molecular formula is C27H52N2O5Si2. The van der Waals surface area contributed by atoms with Crippen molar-refractivity contribution in [2.45, 2.75) is 141 Å². The Kier molecular flexibility index (Phi) is 10.6. The van der Waals surface area contributed by atoms with Crippen LogP contribution < -0.4 is 11.2 Å². The number of nitrogens with zero attached hydrogens (tertiary/aromatic N) is 1. The van der Waals surface area contributed by atoms with E-state index in [2.05, 4.69) is 88.1 Å². The van der Waals surface area contributed by atoms with Crippen molar-refractivity contribution in [1.82, 2.24) is 9.55 Å². The van der Waals surface area contributed by atoms with Gasteiger partial charge in [0.15, 0.2) is 8.32 Å². The third-order valence-electron chi connectivity index (χ3n) is 8.61. The predicted molar refractivity (Wildman–Crippen MR) is 153 cm³/mol. The molecular weight excluding hydrogens is 488 g/mol. The third-order valence-corrected chi connectivity index (χ3v) is 20.8. The Balaban J connectivity index is 2.47. The van der Waals surface area contributed by atoms with Crippen molar-refractivity contribution in [3.05, 3.63) is 33.1 Å². The normalized spacial score (nSPS) is 21.8. The second kappa shape index (κ2) is 12.2. The van der Waals surface area contributed by atoms with Gasteiger partial charge in [0.2, 0.25) is 8.32 Å². The fraction of sp³-hybridized carbons (Fsp3) is 0.852. The predicted octanol–water partition coefficient (Wildman–Crippen LogP) is 6.58. The number of rotatable bonds is 12. The van der Waals surface area contributed by atoms with Crippen LogP contribution in [0.2, 0.25) is 33.2 Å². The van der Waals surface area contributed by atoms with E-state index in [1.54, 1.807) is 0 Å². The summed E-state index contributed by atoms with van der Waals surface area (Å²) in [7, 11) is -4.31. The molecule has 0 aromatic carbocycles. The molecule has 0 radical (unpaired) electrons. The van der Waals surface area contributed by atoms with Gasteiger partial charge in [-0.15, -0.1) is 0 Å². The first-order valence-electron chi connectivity index (χ1n) is 13.9. The summed E-state index contributed by atoms with van der Waals surface area (Å²) in [6.07, 6.45) is 1.13. The number of nitrogens with one attached hydrogen (secondary N) is 1. The van der Waals surface area contributed by atoms with Crippen LogP contribution >= 0.6 is 0 Å². The number of aromatic nitrogens is 2. The maximum Gasteiger partial charge on any atom is 0.330 e. The largest absolute Gasteiger partial charge is 0.413 e. The Morgan fingerprint density at radius 1 is 0.861 bits per heavy atom. The smallest absolute Gasteiger partial charge is 0.330 e. The Morgan fingerprint density at radius 2 is 1.33 bits per heavy atom. The number of ether oxygens (including phenoxy) is 1. The lowest BCUT2D eigenvalue weighted by molar-refractivity contribution is -0.0423. The molecule has 0 amide bonds. The topological polar surface area (TPSA) is 82.5 Å². The van der Waals surface area contributed by atoms with Gasteiger partial charge in [-0.05, 0) is 33.2 Å². The molecule has 7 nitrogen and oxygen atoms in total. The molecule has 208 valence electrons. The van der Waals surface area contributed by atoms with E-state index in [-0.39, 0.29) is 12.2 Å². The van der Waals surface area contributed by atoms with Crippen LogP contribution in [0.3, 0.4) is 0 Å². The highest BCUT2D eigenvalue weighted by Crippen LogP contribution is 2.47. The lowest BCUT2D eigenvalue weighted by Gasteiger charge is -2.45. The van der Waals surface area contributed by atoms with E-state index >= 15 is 0 Å². The summed E-state index contributed by atoms with van der Waals surface area (Å²) in [6, 6.07) is 1.37. The first-order valence-corrected chi connectivity index (χ1v) is 18.2. The summed E-state index contributed by atoms with van der Waals surface area (Å²) in [4.78, 5) is 26.6. The molecule has 3 atom stereocenters. The minimum Gasteiger partial charge on any atom is -0.413 e. The van der Waals surface area contributed by atoms with Crippen molar-refractivity contribution < 1.29 is 13.6 Å². The molecule has 1 aromatic rings. The molecule has 0 bridgehead atoms. The molecule has 0 aliphatic carbocycles. The average molecular weight is 541 g/mol. The third kappa shape index (κ3) is 6.00. The molecule has 1 fully saturated rings. The van der Waals surface area contributed by atoms with Gasteiger partial charge in [0.25, 0.3) is 5.56 Å². The maximum absolute atomic E-state index is 12.6. The van der Waals surface area contributed by atoms with Crippen molar-refractivity contribution in [2.75, 3.05) is 6.61 Å². The number of H-pyrrole nitrogens is 1. The van der Waals surface area contributed by atoms with Crippen LogP contribution in [0.4, 0.5) is 0 Å². The number of aromatic amines is 1. The van der Waals surface area contributed by atoms with Crippen molar-refractivity contribution in [1.29, 1.82) is 0 Å². The SMILES string of the molecule is CC(C)[Si](OC[C@H]1O[C@H](n2ccc(=O)[nH]c2=O)C[C@@H]1O[Si](C(C)C)(C(C)C)C(C)C)(C(C)C)C(C)C. The Hall–Kier alpha value is -1.01. The second-order valence-corrected chi connectivity index (χ2v) is 23.4. The summed E-state index contributed by atoms with van der Waals surface area (Å²) in [5, 5.41) is 0. The van der Waals surface area contributed by atoms with Gasteiger partial charge in [0.05, 0.1) is 12.7 Å². The van der Waals surface area contributed by atoms with Crippen molar-refractivity contribution in [3.8, 4) is 0 Å². The molecule has 1 aromatic heterocycles. The Morgan fingerprint density at radius 3 is 1.75 bits per heavy atom. The molecule has 36 heavy (non-hydrogen) atoms. The molecule has 1 N–H and O–H groups in total. The standard InChI is InChI=1S/C27H52N2O5Si2/c1-17(2)35(18(3)4,19(5)6)32-16-24-23(34-36(20(7)8,21(9)10)22(11)12)15-26(33-24)29-14-13-25(30)28-27(29)31/h13-14,17-24,26H,15-16H2,1-12H3,(H,28,30,31)/t23-,24+,26-/m0/s1. The molecule has 9 heteroatoms. The summed E-state index contributed by atoms with van der Waals surface area (Å²) in [5.74, 6) is 0. The van der Waals surface area contributed by atoms with Gasteiger partial charge in [0, 0.05) is 18.7 Å². The van der Waals surface area contributed by atoms with Crippen LogP contribution in [0.15, 0.2) is 21.9 Å². The molecule has 2 heterocycles. The van der Waals surface area contributed by atoms with Crippen LogP contribution in [-0.2, 0) is 13.6 Å². The quantitative estimate of drug-likeness (QED) is 0.303. The average Bonchev–Trinajstić information content (AvgIpc) is 3.13. The van der Waals surface area contributed by atoms with Crippen LogP contribution in [0.5, 0.6) is 0 Å². The van der Waals surface area contributed by atoms with E-state index in [0.717, 1.165) is 0 Å². The summed E-state index contributed by atoms with van der Waals surface area (Å²) >= 11 is 0.